The summed E-state index contributed by atoms with van der Waals surface area (Å²) in [5.41, 5.74) is 0.738. The van der Waals surface area contributed by atoms with Crippen LogP contribution in [0.5, 0.6) is 5.75 Å². The third-order valence-electron chi connectivity index (χ3n) is 2.82. The predicted molar refractivity (Wildman–Crippen MR) is 71.0 cm³/mol. The van der Waals surface area contributed by atoms with Gasteiger partial charge in [-0.05, 0) is 18.2 Å². The molecule has 0 bridgehead atoms. The van der Waals surface area contributed by atoms with Crippen LogP contribution in [-0.2, 0) is 9.47 Å². The minimum absolute atomic E-state index is 0.0358. The highest BCUT2D eigenvalue weighted by Gasteiger charge is 2.17. The van der Waals surface area contributed by atoms with E-state index in [2.05, 4.69) is 9.72 Å². The first-order valence-corrected chi connectivity index (χ1v) is 5.76. The Bertz CT molecular complexity index is 681. The first kappa shape index (κ1) is 13.8. The molecule has 2 aromatic rings. The van der Waals surface area contributed by atoms with Gasteiger partial charge in [0.1, 0.15) is 11.4 Å². The monoisotopic (exact) mass is 275 g/mol. The number of benzene rings is 1. The number of methoxy groups -OCH3 is 3. The van der Waals surface area contributed by atoms with Crippen LogP contribution in [0.4, 0.5) is 0 Å². The Balaban J connectivity index is 2.73. The number of pyridine rings is 1. The molecule has 1 aromatic heterocycles. The molecule has 6 heteroatoms. The number of esters is 2. The number of aromatic nitrogens is 1. The Kier molecular flexibility index (Phi) is 3.84. The fourth-order valence-electron chi connectivity index (χ4n) is 1.82. The first-order valence-electron chi connectivity index (χ1n) is 5.76. The van der Waals surface area contributed by atoms with E-state index in [0.29, 0.717) is 16.7 Å². The van der Waals surface area contributed by atoms with Crippen molar-refractivity contribution in [3.05, 3.63) is 35.5 Å². The minimum Gasteiger partial charge on any atom is -0.497 e. The van der Waals surface area contributed by atoms with Crippen LogP contribution in [-0.4, -0.2) is 38.3 Å². The maximum absolute atomic E-state index is 11.8. The predicted octanol–water partition coefficient (Wildman–Crippen LogP) is 1.82. The van der Waals surface area contributed by atoms with E-state index < -0.39 is 11.9 Å². The zero-order chi connectivity index (χ0) is 14.7. The van der Waals surface area contributed by atoms with E-state index in [1.165, 1.54) is 27.4 Å². The van der Waals surface area contributed by atoms with Gasteiger partial charge >= 0.3 is 11.9 Å². The Morgan fingerprint density at radius 2 is 1.70 bits per heavy atom. The van der Waals surface area contributed by atoms with Crippen molar-refractivity contribution in [3.63, 3.8) is 0 Å². The zero-order valence-electron chi connectivity index (χ0n) is 11.3. The van der Waals surface area contributed by atoms with E-state index in [1.54, 1.807) is 18.2 Å². The van der Waals surface area contributed by atoms with Gasteiger partial charge in [0.15, 0.2) is 0 Å². The standard InChI is InChI=1S/C14H13NO5/c1-18-8-4-5-9-10(13(16)19-2)7-12(14(17)20-3)15-11(9)6-8/h4-7H,1-3H3. The number of fused-ring (bicyclic) bond motifs is 1. The second kappa shape index (κ2) is 5.56. The van der Waals surface area contributed by atoms with E-state index >= 15 is 0 Å². The number of rotatable bonds is 3. The fraction of sp³-hybridized carbons (Fsp3) is 0.214. The fourth-order valence-corrected chi connectivity index (χ4v) is 1.82. The van der Waals surface area contributed by atoms with Gasteiger partial charge in [0.2, 0.25) is 0 Å². The molecule has 1 heterocycles. The van der Waals surface area contributed by atoms with Crippen molar-refractivity contribution < 1.29 is 23.8 Å². The van der Waals surface area contributed by atoms with Gasteiger partial charge in [0.25, 0.3) is 0 Å². The van der Waals surface area contributed by atoms with Crippen LogP contribution in [0.2, 0.25) is 0 Å². The summed E-state index contributed by atoms with van der Waals surface area (Å²) in [4.78, 5) is 27.6. The summed E-state index contributed by atoms with van der Waals surface area (Å²) in [5.74, 6) is -0.601. The largest absolute Gasteiger partial charge is 0.497 e. The molecule has 6 nitrogen and oxygen atoms in total. The van der Waals surface area contributed by atoms with E-state index in [0.717, 1.165) is 0 Å². The number of nitrogens with zero attached hydrogens (tertiary/aromatic N) is 1. The average Bonchev–Trinajstić information content (AvgIpc) is 2.51. The van der Waals surface area contributed by atoms with Gasteiger partial charge in [-0.25, -0.2) is 14.6 Å². The van der Waals surface area contributed by atoms with Crippen molar-refractivity contribution in [1.29, 1.82) is 0 Å². The molecule has 0 unspecified atom stereocenters. The molecule has 0 fully saturated rings. The molecule has 0 saturated carbocycles. The molecule has 0 aliphatic rings. The molecule has 0 radical (unpaired) electrons. The summed E-state index contributed by atoms with van der Waals surface area (Å²) in [6.07, 6.45) is 0. The van der Waals surface area contributed by atoms with Gasteiger partial charge in [0.05, 0.1) is 32.4 Å². The summed E-state index contributed by atoms with van der Waals surface area (Å²) < 4.78 is 14.4. The second-order valence-electron chi connectivity index (χ2n) is 3.92. The number of carbonyl (C=O) groups excluding carboxylic acids is 2. The number of hydrogen-bond donors (Lipinski definition) is 0. The lowest BCUT2D eigenvalue weighted by molar-refractivity contribution is 0.0594. The smallest absolute Gasteiger partial charge is 0.356 e. The van der Waals surface area contributed by atoms with Crippen LogP contribution in [0.15, 0.2) is 24.3 Å². The Hall–Kier alpha value is -2.63. The minimum atomic E-state index is -0.625. The average molecular weight is 275 g/mol. The van der Waals surface area contributed by atoms with Crippen molar-refractivity contribution >= 4 is 22.8 Å². The molecule has 0 aliphatic heterocycles. The summed E-state index contributed by atoms with van der Waals surface area (Å²) in [6, 6.07) is 6.38. The van der Waals surface area contributed by atoms with Crippen LogP contribution in [0.25, 0.3) is 10.9 Å². The maximum atomic E-state index is 11.8. The third kappa shape index (κ3) is 2.40. The summed E-state index contributed by atoms with van der Waals surface area (Å²) >= 11 is 0. The number of hydrogen-bond acceptors (Lipinski definition) is 6. The van der Waals surface area contributed by atoms with E-state index in [-0.39, 0.29) is 11.3 Å². The van der Waals surface area contributed by atoms with E-state index in [9.17, 15) is 9.59 Å². The Labute approximate surface area is 115 Å². The van der Waals surface area contributed by atoms with Gasteiger partial charge < -0.3 is 14.2 Å². The van der Waals surface area contributed by atoms with Crippen LogP contribution in [0, 0.1) is 0 Å². The SMILES string of the molecule is COC(=O)c1cc(C(=O)OC)c2ccc(OC)cc2n1. The van der Waals surface area contributed by atoms with Gasteiger partial charge in [-0.2, -0.15) is 0 Å². The molecule has 0 aliphatic carbocycles. The first-order chi connectivity index (χ1) is 9.60. The van der Waals surface area contributed by atoms with Crippen molar-refractivity contribution in [1.82, 2.24) is 4.98 Å². The summed E-state index contributed by atoms with van der Waals surface area (Å²) in [6.45, 7) is 0. The Morgan fingerprint density at radius 3 is 2.30 bits per heavy atom. The normalized spacial score (nSPS) is 10.2. The quantitative estimate of drug-likeness (QED) is 0.795. The number of carbonyl (C=O) groups is 2. The molecule has 1 aromatic carbocycles. The number of ether oxygens (including phenoxy) is 3. The lowest BCUT2D eigenvalue weighted by Gasteiger charge is -2.08. The molecule has 0 atom stereocenters. The van der Waals surface area contributed by atoms with Gasteiger partial charge in [0, 0.05) is 11.5 Å². The van der Waals surface area contributed by atoms with Crippen LogP contribution in [0.3, 0.4) is 0 Å². The van der Waals surface area contributed by atoms with E-state index in [1.807, 2.05) is 0 Å². The molecule has 20 heavy (non-hydrogen) atoms. The Morgan fingerprint density at radius 1 is 1.00 bits per heavy atom. The van der Waals surface area contributed by atoms with Gasteiger partial charge in [-0.15, -0.1) is 0 Å². The summed E-state index contributed by atoms with van der Waals surface area (Å²) in [7, 11) is 4.04. The highest BCUT2D eigenvalue weighted by atomic mass is 16.5. The molecule has 2 rings (SSSR count). The molecule has 0 N–H and O–H groups in total. The van der Waals surface area contributed by atoms with Crippen molar-refractivity contribution in [3.8, 4) is 5.75 Å². The van der Waals surface area contributed by atoms with E-state index in [4.69, 9.17) is 9.47 Å². The van der Waals surface area contributed by atoms with Gasteiger partial charge in [-0.1, -0.05) is 0 Å². The van der Waals surface area contributed by atoms with Crippen LogP contribution >= 0.6 is 0 Å². The third-order valence-corrected chi connectivity index (χ3v) is 2.82. The molecular weight excluding hydrogens is 262 g/mol. The molecule has 0 saturated heterocycles. The van der Waals surface area contributed by atoms with Gasteiger partial charge in [-0.3, -0.25) is 0 Å². The van der Waals surface area contributed by atoms with Crippen molar-refractivity contribution in [2.45, 2.75) is 0 Å². The summed E-state index contributed by atoms with van der Waals surface area (Å²) in [5, 5.41) is 0.574. The molecule has 0 spiro atoms. The lowest BCUT2D eigenvalue weighted by Crippen LogP contribution is -2.09. The van der Waals surface area contributed by atoms with Crippen LogP contribution in [0.1, 0.15) is 20.8 Å². The zero-order valence-corrected chi connectivity index (χ0v) is 11.3. The highest BCUT2D eigenvalue weighted by Crippen LogP contribution is 2.24. The highest BCUT2D eigenvalue weighted by molar-refractivity contribution is 6.06. The second-order valence-corrected chi connectivity index (χ2v) is 3.92. The molecule has 0 amide bonds. The van der Waals surface area contributed by atoms with Crippen LogP contribution < -0.4 is 4.74 Å². The molecular formula is C14H13NO5. The maximum Gasteiger partial charge on any atom is 0.356 e. The lowest BCUT2D eigenvalue weighted by atomic mass is 10.1. The van der Waals surface area contributed by atoms with Crippen molar-refractivity contribution in [2.24, 2.45) is 0 Å². The molecule has 104 valence electrons. The van der Waals surface area contributed by atoms with Crippen molar-refractivity contribution in [2.75, 3.05) is 21.3 Å². The topological polar surface area (TPSA) is 74.7 Å².